The molecule has 0 atom stereocenters. The van der Waals surface area contributed by atoms with E-state index in [1.165, 1.54) is 18.2 Å². The fourth-order valence-corrected chi connectivity index (χ4v) is 1.51. The van der Waals surface area contributed by atoms with Crippen LogP contribution in [0.5, 0.6) is 0 Å². The Morgan fingerprint density at radius 3 is 2.61 bits per heavy atom. The minimum absolute atomic E-state index is 0.0219. The van der Waals surface area contributed by atoms with Gasteiger partial charge in [-0.3, -0.25) is 4.79 Å². The van der Waals surface area contributed by atoms with E-state index >= 15 is 0 Å². The Morgan fingerprint density at radius 1 is 1.33 bits per heavy atom. The Bertz CT molecular complexity index is 376. The molecular weight excluding hydrogens is 240 g/mol. The zero-order valence-corrected chi connectivity index (χ0v) is 10.3. The van der Waals surface area contributed by atoms with E-state index < -0.39 is 11.6 Å². The number of carbonyl (C=O) groups excluding carboxylic acids is 1. The van der Waals surface area contributed by atoms with Crippen LogP contribution in [0.4, 0.5) is 8.78 Å². The maximum atomic E-state index is 13.2. The third kappa shape index (κ3) is 4.79. The number of rotatable bonds is 7. The molecular formula is C13H17F2NO2. The molecule has 0 radical (unpaired) electrons. The summed E-state index contributed by atoms with van der Waals surface area (Å²) in [7, 11) is 0. The lowest BCUT2D eigenvalue weighted by atomic mass is 10.2. The molecule has 0 saturated heterocycles. The van der Waals surface area contributed by atoms with Crippen molar-refractivity contribution in [3.8, 4) is 0 Å². The standard InChI is InChI=1S/C13H17F2NO2/c1-2-18-13(17)7-4-8-16-9-10-11(14)5-3-6-12(10)15/h3,5-6,16H,2,4,7-9H2,1H3. The van der Waals surface area contributed by atoms with Crippen LogP contribution in [0.3, 0.4) is 0 Å². The van der Waals surface area contributed by atoms with Gasteiger partial charge in [0.2, 0.25) is 0 Å². The Labute approximate surface area is 105 Å². The molecule has 0 fully saturated rings. The number of nitrogens with one attached hydrogen (secondary N) is 1. The van der Waals surface area contributed by atoms with Crippen LogP contribution in [0.2, 0.25) is 0 Å². The summed E-state index contributed by atoms with van der Waals surface area (Å²) < 4.78 is 31.2. The monoisotopic (exact) mass is 257 g/mol. The van der Waals surface area contributed by atoms with Gasteiger partial charge in [-0.2, -0.15) is 0 Å². The molecule has 0 amide bonds. The molecule has 5 heteroatoms. The van der Waals surface area contributed by atoms with Gasteiger partial charge in [-0.15, -0.1) is 0 Å². The summed E-state index contributed by atoms with van der Waals surface area (Å²) in [5.41, 5.74) is 0.0219. The van der Waals surface area contributed by atoms with Crippen LogP contribution in [-0.2, 0) is 16.1 Å². The average molecular weight is 257 g/mol. The normalized spacial score (nSPS) is 10.4. The van der Waals surface area contributed by atoms with Crippen LogP contribution in [0, 0.1) is 11.6 Å². The lowest BCUT2D eigenvalue weighted by Crippen LogP contribution is -2.18. The second-order valence-electron chi connectivity index (χ2n) is 3.79. The highest BCUT2D eigenvalue weighted by molar-refractivity contribution is 5.69. The number of benzene rings is 1. The van der Waals surface area contributed by atoms with Crippen LogP contribution >= 0.6 is 0 Å². The van der Waals surface area contributed by atoms with Crippen molar-refractivity contribution < 1.29 is 18.3 Å². The first kappa shape index (κ1) is 14.6. The molecule has 0 aliphatic rings. The predicted octanol–water partition coefficient (Wildman–Crippen LogP) is 2.40. The number of ether oxygens (including phenoxy) is 1. The molecule has 100 valence electrons. The lowest BCUT2D eigenvalue weighted by molar-refractivity contribution is -0.143. The first-order valence-corrected chi connectivity index (χ1v) is 5.94. The fourth-order valence-electron chi connectivity index (χ4n) is 1.51. The Morgan fingerprint density at radius 2 is 2.00 bits per heavy atom. The van der Waals surface area contributed by atoms with Crippen molar-refractivity contribution >= 4 is 5.97 Å². The third-order valence-electron chi connectivity index (χ3n) is 2.40. The fraction of sp³-hybridized carbons (Fsp3) is 0.462. The summed E-state index contributed by atoms with van der Waals surface area (Å²) in [4.78, 5) is 11.0. The molecule has 0 spiro atoms. The van der Waals surface area contributed by atoms with E-state index in [1.807, 2.05) is 0 Å². The quantitative estimate of drug-likeness (QED) is 0.602. The second-order valence-corrected chi connectivity index (χ2v) is 3.79. The van der Waals surface area contributed by atoms with Gasteiger partial charge < -0.3 is 10.1 Å². The summed E-state index contributed by atoms with van der Waals surface area (Å²) in [5, 5.41) is 2.89. The van der Waals surface area contributed by atoms with Crippen LogP contribution in [-0.4, -0.2) is 19.1 Å². The van der Waals surface area contributed by atoms with Gasteiger partial charge in [0, 0.05) is 18.5 Å². The van der Waals surface area contributed by atoms with E-state index in [1.54, 1.807) is 6.92 Å². The topological polar surface area (TPSA) is 38.3 Å². The van der Waals surface area contributed by atoms with Gasteiger partial charge in [-0.1, -0.05) is 6.07 Å². The molecule has 0 bridgehead atoms. The molecule has 1 N–H and O–H groups in total. The third-order valence-corrected chi connectivity index (χ3v) is 2.40. The van der Waals surface area contributed by atoms with E-state index in [2.05, 4.69) is 5.32 Å². The maximum absolute atomic E-state index is 13.2. The Hall–Kier alpha value is -1.49. The molecule has 0 aromatic heterocycles. The van der Waals surface area contributed by atoms with Gasteiger partial charge >= 0.3 is 5.97 Å². The molecule has 0 heterocycles. The van der Waals surface area contributed by atoms with Crippen molar-refractivity contribution in [2.45, 2.75) is 26.3 Å². The van der Waals surface area contributed by atoms with E-state index in [-0.39, 0.29) is 18.1 Å². The van der Waals surface area contributed by atoms with E-state index in [4.69, 9.17) is 4.74 Å². The number of halogens is 2. The van der Waals surface area contributed by atoms with Crippen molar-refractivity contribution in [1.29, 1.82) is 0 Å². The van der Waals surface area contributed by atoms with Gasteiger partial charge in [0.05, 0.1) is 6.61 Å². The van der Waals surface area contributed by atoms with Gasteiger partial charge in [0.25, 0.3) is 0 Å². The summed E-state index contributed by atoms with van der Waals surface area (Å²) in [5.74, 6) is -1.38. The van der Waals surface area contributed by atoms with Crippen molar-refractivity contribution in [3.05, 3.63) is 35.4 Å². The highest BCUT2D eigenvalue weighted by Gasteiger charge is 2.07. The molecule has 1 aromatic rings. The summed E-state index contributed by atoms with van der Waals surface area (Å²) in [6.07, 6.45) is 0.884. The van der Waals surface area contributed by atoms with E-state index in [9.17, 15) is 13.6 Å². The SMILES string of the molecule is CCOC(=O)CCCNCc1c(F)cccc1F. The van der Waals surface area contributed by atoms with Crippen molar-refractivity contribution in [2.24, 2.45) is 0 Å². The lowest BCUT2D eigenvalue weighted by Gasteiger charge is -2.07. The van der Waals surface area contributed by atoms with Crippen molar-refractivity contribution in [2.75, 3.05) is 13.2 Å². The van der Waals surface area contributed by atoms with Gasteiger partial charge in [-0.05, 0) is 32.0 Å². The van der Waals surface area contributed by atoms with Gasteiger partial charge in [-0.25, -0.2) is 8.78 Å². The Kier molecular flexibility index (Phi) is 6.28. The van der Waals surface area contributed by atoms with Gasteiger partial charge in [0.15, 0.2) is 0 Å². The molecule has 0 aliphatic carbocycles. The number of hydrogen-bond acceptors (Lipinski definition) is 3. The second kappa shape index (κ2) is 7.76. The van der Waals surface area contributed by atoms with Crippen molar-refractivity contribution in [3.63, 3.8) is 0 Å². The molecule has 0 unspecified atom stereocenters. The maximum Gasteiger partial charge on any atom is 0.305 e. The molecule has 0 aliphatic heterocycles. The Balaban J connectivity index is 2.24. The number of hydrogen-bond donors (Lipinski definition) is 1. The van der Waals surface area contributed by atoms with Crippen LogP contribution in [0.1, 0.15) is 25.3 Å². The summed E-state index contributed by atoms with van der Waals surface area (Å²) in [6.45, 7) is 2.73. The first-order chi connectivity index (χ1) is 8.65. The van der Waals surface area contributed by atoms with Crippen molar-refractivity contribution in [1.82, 2.24) is 5.32 Å². The summed E-state index contributed by atoms with van der Waals surface area (Å²) >= 11 is 0. The highest BCUT2D eigenvalue weighted by Crippen LogP contribution is 2.11. The van der Waals surface area contributed by atoms with Gasteiger partial charge in [0.1, 0.15) is 11.6 Å². The average Bonchev–Trinajstić information content (AvgIpc) is 2.32. The van der Waals surface area contributed by atoms with Crippen LogP contribution in [0.15, 0.2) is 18.2 Å². The van der Waals surface area contributed by atoms with Crippen LogP contribution < -0.4 is 5.32 Å². The molecule has 1 rings (SSSR count). The zero-order valence-electron chi connectivity index (χ0n) is 10.3. The van der Waals surface area contributed by atoms with E-state index in [0.717, 1.165) is 0 Å². The molecule has 0 saturated carbocycles. The largest absolute Gasteiger partial charge is 0.466 e. The zero-order chi connectivity index (χ0) is 13.4. The highest BCUT2D eigenvalue weighted by atomic mass is 19.1. The van der Waals surface area contributed by atoms with Crippen LogP contribution in [0.25, 0.3) is 0 Å². The predicted molar refractivity (Wildman–Crippen MR) is 63.9 cm³/mol. The smallest absolute Gasteiger partial charge is 0.305 e. The molecule has 1 aromatic carbocycles. The minimum Gasteiger partial charge on any atom is -0.466 e. The summed E-state index contributed by atoms with van der Waals surface area (Å²) in [6, 6.07) is 3.77. The number of carbonyl (C=O) groups is 1. The minimum atomic E-state index is -0.562. The first-order valence-electron chi connectivity index (χ1n) is 5.94. The molecule has 18 heavy (non-hydrogen) atoms. The van der Waals surface area contributed by atoms with E-state index in [0.29, 0.717) is 26.0 Å². The number of esters is 1. The molecule has 3 nitrogen and oxygen atoms in total.